The van der Waals surface area contributed by atoms with E-state index in [4.69, 9.17) is 44.3 Å². The van der Waals surface area contributed by atoms with Gasteiger partial charge in [-0.1, -0.05) is 53.0 Å². The van der Waals surface area contributed by atoms with Gasteiger partial charge in [-0.25, -0.2) is 0 Å². The summed E-state index contributed by atoms with van der Waals surface area (Å²) >= 11 is 18.9. The lowest BCUT2D eigenvalue weighted by atomic mass is 10.1. The van der Waals surface area contributed by atoms with Gasteiger partial charge in [0.1, 0.15) is 6.61 Å². The summed E-state index contributed by atoms with van der Waals surface area (Å²) in [5, 5.41) is 5.37. The first kappa shape index (κ1) is 22.9. The highest BCUT2D eigenvalue weighted by atomic mass is 35.5. The van der Waals surface area contributed by atoms with Crippen LogP contribution in [0.25, 0.3) is 0 Å². The van der Waals surface area contributed by atoms with E-state index >= 15 is 0 Å². The Balaban J connectivity index is 1.48. The number of nitrogens with one attached hydrogen (secondary N) is 1. The van der Waals surface area contributed by atoms with Crippen LogP contribution in [-0.2, 0) is 13.2 Å². The smallest absolute Gasteiger partial charge is 0.166 e. The molecule has 0 spiro atoms. The fourth-order valence-corrected chi connectivity index (χ4v) is 4.61. The third-order valence-electron chi connectivity index (χ3n) is 5.54. The third-order valence-corrected chi connectivity index (χ3v) is 6.43. The standard InChI is InChI=1S/C25H25Cl3N2O2/c1-31-24-6-4-5-17(25(24)32-16-18-7-8-19(26)13-21(18)27)15-29-20-9-10-23(22(28)14-20)30-11-2-3-12-30/h4-10,13-14,29H,2-3,11-12,15-16H2,1H3. The predicted molar refractivity (Wildman–Crippen MR) is 134 cm³/mol. The number of hydrogen-bond donors (Lipinski definition) is 1. The van der Waals surface area contributed by atoms with Gasteiger partial charge < -0.3 is 19.7 Å². The average molecular weight is 492 g/mol. The molecule has 0 aromatic heterocycles. The molecule has 0 unspecified atom stereocenters. The molecule has 4 rings (SSSR count). The number of anilines is 2. The van der Waals surface area contributed by atoms with E-state index in [2.05, 4.69) is 22.3 Å². The van der Waals surface area contributed by atoms with Crippen LogP contribution >= 0.6 is 34.8 Å². The minimum absolute atomic E-state index is 0.305. The summed E-state index contributed by atoms with van der Waals surface area (Å²) in [6.45, 7) is 2.99. The first-order valence-corrected chi connectivity index (χ1v) is 11.7. The van der Waals surface area contributed by atoms with Crippen molar-refractivity contribution < 1.29 is 9.47 Å². The largest absolute Gasteiger partial charge is 0.493 e. The summed E-state index contributed by atoms with van der Waals surface area (Å²) in [5.74, 6) is 1.34. The molecule has 3 aromatic carbocycles. The summed E-state index contributed by atoms with van der Waals surface area (Å²) in [5.41, 5.74) is 3.87. The van der Waals surface area contributed by atoms with Gasteiger partial charge in [-0.3, -0.25) is 0 Å². The van der Waals surface area contributed by atoms with Crippen LogP contribution in [0.3, 0.4) is 0 Å². The second kappa shape index (κ2) is 10.6. The zero-order valence-electron chi connectivity index (χ0n) is 17.8. The Labute approximate surface area is 204 Å². The average Bonchev–Trinajstić information content (AvgIpc) is 3.32. The number of benzene rings is 3. The van der Waals surface area contributed by atoms with Crippen LogP contribution in [0.5, 0.6) is 11.5 Å². The second-order valence-corrected chi connectivity index (χ2v) is 8.94. The molecule has 1 fully saturated rings. The van der Waals surface area contributed by atoms with Gasteiger partial charge in [0.05, 0.1) is 17.8 Å². The molecule has 1 saturated heterocycles. The number of halogens is 3. The number of rotatable bonds is 8. The lowest BCUT2D eigenvalue weighted by Gasteiger charge is -2.20. The molecule has 0 amide bonds. The van der Waals surface area contributed by atoms with Crippen LogP contribution in [0.1, 0.15) is 24.0 Å². The van der Waals surface area contributed by atoms with Crippen molar-refractivity contribution in [1.29, 1.82) is 0 Å². The molecule has 1 aliphatic rings. The van der Waals surface area contributed by atoms with E-state index in [1.807, 2.05) is 30.3 Å². The summed E-state index contributed by atoms with van der Waals surface area (Å²) in [6.07, 6.45) is 2.44. The normalized spacial score (nSPS) is 13.3. The van der Waals surface area contributed by atoms with E-state index in [1.54, 1.807) is 19.2 Å². The fourth-order valence-electron chi connectivity index (χ4n) is 3.84. The Kier molecular flexibility index (Phi) is 7.56. The Hall–Kier alpha value is -2.27. The molecule has 4 nitrogen and oxygen atoms in total. The van der Waals surface area contributed by atoms with Crippen LogP contribution in [-0.4, -0.2) is 20.2 Å². The molecule has 7 heteroatoms. The highest BCUT2D eigenvalue weighted by Gasteiger charge is 2.16. The van der Waals surface area contributed by atoms with Gasteiger partial charge in [0.2, 0.25) is 0 Å². The van der Waals surface area contributed by atoms with E-state index in [0.717, 1.165) is 40.6 Å². The number of para-hydroxylation sites is 1. The maximum absolute atomic E-state index is 6.57. The Bertz CT molecular complexity index is 1080. The van der Waals surface area contributed by atoms with E-state index in [0.29, 0.717) is 34.7 Å². The lowest BCUT2D eigenvalue weighted by Crippen LogP contribution is -2.17. The minimum atomic E-state index is 0.305. The molecule has 0 atom stereocenters. The van der Waals surface area contributed by atoms with Crippen LogP contribution in [0.15, 0.2) is 54.6 Å². The Morgan fingerprint density at radius 1 is 0.906 bits per heavy atom. The number of hydrogen-bond acceptors (Lipinski definition) is 4. The molecule has 32 heavy (non-hydrogen) atoms. The molecule has 3 aromatic rings. The maximum Gasteiger partial charge on any atom is 0.166 e. The van der Waals surface area contributed by atoms with Crippen molar-refractivity contribution in [1.82, 2.24) is 0 Å². The molecule has 1 heterocycles. The molecule has 0 bridgehead atoms. The monoisotopic (exact) mass is 490 g/mol. The highest BCUT2D eigenvalue weighted by molar-refractivity contribution is 6.35. The molecule has 0 saturated carbocycles. The second-order valence-electron chi connectivity index (χ2n) is 7.69. The van der Waals surface area contributed by atoms with Gasteiger partial charge in [-0.15, -0.1) is 0 Å². The van der Waals surface area contributed by atoms with Gasteiger partial charge in [0.25, 0.3) is 0 Å². The summed E-state index contributed by atoms with van der Waals surface area (Å²) in [4.78, 5) is 2.34. The fraction of sp³-hybridized carbons (Fsp3) is 0.280. The van der Waals surface area contributed by atoms with Crippen molar-refractivity contribution in [2.24, 2.45) is 0 Å². The van der Waals surface area contributed by atoms with Crippen molar-refractivity contribution >= 4 is 46.2 Å². The van der Waals surface area contributed by atoms with Crippen molar-refractivity contribution in [3.05, 3.63) is 80.8 Å². The van der Waals surface area contributed by atoms with Crippen molar-refractivity contribution in [2.45, 2.75) is 26.0 Å². The summed E-state index contributed by atoms with van der Waals surface area (Å²) in [7, 11) is 1.63. The zero-order chi connectivity index (χ0) is 22.5. The molecule has 0 radical (unpaired) electrons. The Morgan fingerprint density at radius 3 is 2.44 bits per heavy atom. The van der Waals surface area contributed by atoms with Gasteiger partial charge in [-0.05, 0) is 49.2 Å². The number of ether oxygens (including phenoxy) is 2. The van der Waals surface area contributed by atoms with Crippen molar-refractivity contribution in [3.63, 3.8) is 0 Å². The van der Waals surface area contributed by atoms with Crippen molar-refractivity contribution in [2.75, 3.05) is 30.4 Å². The Morgan fingerprint density at radius 2 is 1.72 bits per heavy atom. The van der Waals surface area contributed by atoms with Gasteiger partial charge in [-0.2, -0.15) is 0 Å². The van der Waals surface area contributed by atoms with Crippen LogP contribution in [0.2, 0.25) is 15.1 Å². The third kappa shape index (κ3) is 5.37. The molecule has 1 N–H and O–H groups in total. The lowest BCUT2D eigenvalue weighted by molar-refractivity contribution is 0.282. The van der Waals surface area contributed by atoms with Crippen LogP contribution in [0, 0.1) is 0 Å². The molecule has 1 aliphatic heterocycles. The zero-order valence-corrected chi connectivity index (χ0v) is 20.1. The van der Waals surface area contributed by atoms with Crippen molar-refractivity contribution in [3.8, 4) is 11.5 Å². The quantitative estimate of drug-likeness (QED) is 0.355. The topological polar surface area (TPSA) is 33.7 Å². The predicted octanol–water partition coefficient (Wildman–Crippen LogP) is 7.45. The minimum Gasteiger partial charge on any atom is -0.493 e. The molecular weight excluding hydrogens is 467 g/mol. The van der Waals surface area contributed by atoms with E-state index in [-0.39, 0.29) is 0 Å². The molecule has 168 valence electrons. The maximum atomic E-state index is 6.57. The number of nitrogens with zero attached hydrogens (tertiary/aromatic N) is 1. The van der Waals surface area contributed by atoms with E-state index in [9.17, 15) is 0 Å². The van der Waals surface area contributed by atoms with Crippen LogP contribution in [0.4, 0.5) is 11.4 Å². The first-order valence-electron chi connectivity index (χ1n) is 10.6. The van der Waals surface area contributed by atoms with E-state index in [1.165, 1.54) is 12.8 Å². The van der Waals surface area contributed by atoms with Crippen LogP contribution < -0.4 is 19.7 Å². The van der Waals surface area contributed by atoms with Gasteiger partial charge in [0.15, 0.2) is 11.5 Å². The van der Waals surface area contributed by atoms with Gasteiger partial charge in [0, 0.05) is 46.5 Å². The molecule has 0 aliphatic carbocycles. The van der Waals surface area contributed by atoms with Gasteiger partial charge >= 0.3 is 0 Å². The van der Waals surface area contributed by atoms with E-state index < -0.39 is 0 Å². The summed E-state index contributed by atoms with van der Waals surface area (Å²) in [6, 6.07) is 17.3. The number of methoxy groups -OCH3 is 1. The first-order chi connectivity index (χ1) is 15.5. The molecular formula is C25H25Cl3N2O2. The summed E-state index contributed by atoms with van der Waals surface area (Å²) < 4.78 is 11.7. The highest BCUT2D eigenvalue weighted by Crippen LogP contribution is 2.35. The SMILES string of the molecule is COc1cccc(CNc2ccc(N3CCCC3)c(Cl)c2)c1OCc1ccc(Cl)cc1Cl.